The molecule has 2 rings (SSSR count). The molecule has 0 aliphatic rings. The number of aromatic hydroxyl groups is 1. The Hall–Kier alpha value is -2.37. The summed E-state index contributed by atoms with van der Waals surface area (Å²) in [4.78, 5) is 11.6. The number of H-pyrrole nitrogens is 1. The summed E-state index contributed by atoms with van der Waals surface area (Å²) in [7, 11) is 0. The summed E-state index contributed by atoms with van der Waals surface area (Å²) >= 11 is 0. The topological polar surface area (TPSA) is 90.9 Å². The third-order valence-corrected chi connectivity index (χ3v) is 2.10. The third-order valence-electron chi connectivity index (χ3n) is 2.10. The summed E-state index contributed by atoms with van der Waals surface area (Å²) in [5.74, 6) is -0.154. The number of nitrogens with zero attached hydrogens (tertiary/aromatic N) is 2. The van der Waals surface area contributed by atoms with E-state index in [4.69, 9.17) is 0 Å². The van der Waals surface area contributed by atoms with Crippen LogP contribution in [0, 0.1) is 6.92 Å². The minimum absolute atomic E-state index is 0.194. The van der Waals surface area contributed by atoms with Gasteiger partial charge >= 0.3 is 0 Å². The van der Waals surface area contributed by atoms with Crippen LogP contribution in [0.25, 0.3) is 0 Å². The molecule has 6 nitrogen and oxygen atoms in total. The van der Waals surface area contributed by atoms with Gasteiger partial charge in [-0.15, -0.1) is 0 Å². The third kappa shape index (κ3) is 2.00. The molecule has 6 heteroatoms. The van der Waals surface area contributed by atoms with E-state index in [1.54, 1.807) is 19.1 Å². The molecule has 0 saturated carbocycles. The van der Waals surface area contributed by atoms with Gasteiger partial charge in [0, 0.05) is 5.69 Å². The van der Waals surface area contributed by atoms with Gasteiger partial charge < -0.3 is 10.4 Å². The van der Waals surface area contributed by atoms with E-state index in [0.717, 1.165) is 0 Å². The van der Waals surface area contributed by atoms with Gasteiger partial charge in [-0.1, -0.05) is 0 Å². The van der Waals surface area contributed by atoms with Crippen LogP contribution in [0.3, 0.4) is 0 Å². The summed E-state index contributed by atoms with van der Waals surface area (Å²) < 4.78 is 0. The maximum atomic E-state index is 11.6. The molecule has 0 fully saturated rings. The molecule has 1 aromatic carbocycles. The monoisotopic (exact) mass is 218 g/mol. The van der Waals surface area contributed by atoms with E-state index < -0.39 is 0 Å². The molecule has 1 amide bonds. The average Bonchev–Trinajstić information content (AvgIpc) is 2.77. The van der Waals surface area contributed by atoms with Gasteiger partial charge in [0.1, 0.15) is 5.75 Å². The lowest BCUT2D eigenvalue weighted by atomic mass is 10.2. The summed E-state index contributed by atoms with van der Waals surface area (Å²) in [5.41, 5.74) is 1.51. The first-order valence-electron chi connectivity index (χ1n) is 4.63. The Morgan fingerprint density at radius 2 is 2.31 bits per heavy atom. The predicted molar refractivity (Wildman–Crippen MR) is 57.2 cm³/mol. The van der Waals surface area contributed by atoms with Crippen molar-refractivity contribution in [2.75, 3.05) is 5.32 Å². The van der Waals surface area contributed by atoms with Gasteiger partial charge in [-0.2, -0.15) is 15.4 Å². The lowest BCUT2D eigenvalue weighted by Gasteiger charge is -2.04. The van der Waals surface area contributed by atoms with Crippen molar-refractivity contribution in [3.63, 3.8) is 0 Å². The number of nitrogens with one attached hydrogen (secondary N) is 2. The normalized spacial score (nSPS) is 10.1. The number of amides is 1. The largest absolute Gasteiger partial charge is 0.508 e. The molecule has 1 aromatic heterocycles. The summed E-state index contributed by atoms with van der Waals surface area (Å²) in [5, 5.41) is 21.5. The molecular weight excluding hydrogens is 208 g/mol. The van der Waals surface area contributed by atoms with E-state index >= 15 is 0 Å². The number of phenols is 1. The lowest BCUT2D eigenvalue weighted by Crippen LogP contribution is -2.12. The maximum Gasteiger partial charge on any atom is 0.277 e. The van der Waals surface area contributed by atoms with Crippen LogP contribution in [-0.2, 0) is 0 Å². The number of phenolic OH excluding ortho intramolecular Hbond substituents is 1. The summed E-state index contributed by atoms with van der Waals surface area (Å²) in [6, 6.07) is 4.81. The Balaban J connectivity index is 2.15. The molecule has 16 heavy (non-hydrogen) atoms. The van der Waals surface area contributed by atoms with Crippen molar-refractivity contribution in [3.8, 4) is 5.75 Å². The zero-order valence-corrected chi connectivity index (χ0v) is 8.56. The Kier molecular flexibility index (Phi) is 2.55. The van der Waals surface area contributed by atoms with Gasteiger partial charge in [-0.05, 0) is 30.7 Å². The Bertz CT molecular complexity index is 508. The molecular formula is C10H10N4O2. The number of benzene rings is 1. The first kappa shape index (κ1) is 10.2. The Morgan fingerprint density at radius 3 is 2.94 bits per heavy atom. The maximum absolute atomic E-state index is 11.6. The molecule has 0 aliphatic carbocycles. The highest BCUT2D eigenvalue weighted by Gasteiger charge is 2.09. The van der Waals surface area contributed by atoms with Crippen LogP contribution < -0.4 is 5.32 Å². The number of anilines is 1. The molecule has 82 valence electrons. The van der Waals surface area contributed by atoms with Crippen LogP contribution in [0.1, 0.15) is 16.1 Å². The second-order valence-electron chi connectivity index (χ2n) is 3.31. The van der Waals surface area contributed by atoms with Gasteiger partial charge in [0.2, 0.25) is 0 Å². The van der Waals surface area contributed by atoms with E-state index in [9.17, 15) is 9.90 Å². The zero-order chi connectivity index (χ0) is 11.5. The van der Waals surface area contributed by atoms with Crippen LogP contribution >= 0.6 is 0 Å². The van der Waals surface area contributed by atoms with E-state index in [2.05, 4.69) is 20.7 Å². The van der Waals surface area contributed by atoms with E-state index in [1.165, 1.54) is 12.3 Å². The van der Waals surface area contributed by atoms with E-state index in [0.29, 0.717) is 11.3 Å². The molecule has 0 spiro atoms. The fourth-order valence-corrected chi connectivity index (χ4v) is 1.24. The highest BCUT2D eigenvalue weighted by molar-refractivity contribution is 6.02. The Labute approximate surface area is 91.3 Å². The standard InChI is InChI=1S/C10H10N4O2/c1-6-4-7(2-3-9(6)15)12-10(16)8-5-11-14-13-8/h2-5,15H,1H3,(H,12,16)(H,11,13,14). The molecule has 3 N–H and O–H groups in total. The first-order valence-corrected chi connectivity index (χ1v) is 4.63. The summed E-state index contributed by atoms with van der Waals surface area (Å²) in [6.07, 6.45) is 1.34. The predicted octanol–water partition coefficient (Wildman–Crippen LogP) is 1.07. The zero-order valence-electron chi connectivity index (χ0n) is 8.56. The summed E-state index contributed by atoms with van der Waals surface area (Å²) in [6.45, 7) is 1.75. The number of hydrogen-bond donors (Lipinski definition) is 3. The SMILES string of the molecule is Cc1cc(NC(=O)c2cn[nH]n2)ccc1O. The van der Waals surface area contributed by atoms with Crippen LogP contribution in [0.4, 0.5) is 5.69 Å². The Morgan fingerprint density at radius 1 is 1.50 bits per heavy atom. The lowest BCUT2D eigenvalue weighted by molar-refractivity contribution is 0.102. The number of hydrogen-bond acceptors (Lipinski definition) is 4. The van der Waals surface area contributed by atoms with Gasteiger partial charge in [-0.25, -0.2) is 0 Å². The fraction of sp³-hybridized carbons (Fsp3) is 0.100. The van der Waals surface area contributed by atoms with Gasteiger partial charge in [-0.3, -0.25) is 4.79 Å². The van der Waals surface area contributed by atoms with Crippen molar-refractivity contribution in [1.29, 1.82) is 0 Å². The van der Waals surface area contributed by atoms with Gasteiger partial charge in [0.25, 0.3) is 5.91 Å². The molecule has 1 heterocycles. The molecule has 0 bridgehead atoms. The number of aromatic nitrogens is 3. The fourth-order valence-electron chi connectivity index (χ4n) is 1.24. The van der Waals surface area contributed by atoms with Gasteiger partial charge in [0.05, 0.1) is 6.20 Å². The molecule has 2 aromatic rings. The van der Waals surface area contributed by atoms with Crippen molar-refractivity contribution in [2.24, 2.45) is 0 Å². The molecule has 0 atom stereocenters. The van der Waals surface area contributed by atoms with Crippen LogP contribution in [0.15, 0.2) is 24.4 Å². The molecule has 0 radical (unpaired) electrons. The quantitative estimate of drug-likeness (QED) is 0.657. The van der Waals surface area contributed by atoms with Crippen molar-refractivity contribution >= 4 is 11.6 Å². The van der Waals surface area contributed by atoms with Gasteiger partial charge in [0.15, 0.2) is 5.69 Å². The molecule has 0 aliphatic heterocycles. The van der Waals surface area contributed by atoms with Crippen molar-refractivity contribution in [1.82, 2.24) is 15.4 Å². The number of aromatic amines is 1. The van der Waals surface area contributed by atoms with Crippen LogP contribution in [0.5, 0.6) is 5.75 Å². The number of carbonyl (C=O) groups is 1. The highest BCUT2D eigenvalue weighted by Crippen LogP contribution is 2.20. The average molecular weight is 218 g/mol. The first-order chi connectivity index (χ1) is 7.66. The molecule has 0 unspecified atom stereocenters. The second kappa shape index (κ2) is 4.01. The van der Waals surface area contributed by atoms with E-state index in [1.807, 2.05) is 0 Å². The van der Waals surface area contributed by atoms with Crippen molar-refractivity contribution in [3.05, 3.63) is 35.7 Å². The van der Waals surface area contributed by atoms with Crippen LogP contribution in [-0.4, -0.2) is 26.4 Å². The molecule has 0 saturated heterocycles. The number of aryl methyl sites for hydroxylation is 1. The highest BCUT2D eigenvalue weighted by atomic mass is 16.3. The van der Waals surface area contributed by atoms with Crippen LogP contribution in [0.2, 0.25) is 0 Å². The number of rotatable bonds is 2. The van der Waals surface area contributed by atoms with Crippen molar-refractivity contribution < 1.29 is 9.90 Å². The minimum atomic E-state index is -0.348. The second-order valence-corrected chi connectivity index (χ2v) is 3.31. The number of carbonyl (C=O) groups excluding carboxylic acids is 1. The van der Waals surface area contributed by atoms with Crippen molar-refractivity contribution in [2.45, 2.75) is 6.92 Å². The van der Waals surface area contributed by atoms with E-state index in [-0.39, 0.29) is 17.4 Å². The minimum Gasteiger partial charge on any atom is -0.508 e. The smallest absolute Gasteiger partial charge is 0.277 e.